The van der Waals surface area contributed by atoms with Crippen molar-refractivity contribution in [1.82, 2.24) is 9.88 Å². The minimum Gasteiger partial charge on any atom is -0.508 e. The summed E-state index contributed by atoms with van der Waals surface area (Å²) in [7, 11) is 6.69. The molecule has 36 heavy (non-hydrogen) atoms. The highest BCUT2D eigenvalue weighted by Crippen LogP contribution is 2.53. The fraction of sp³-hybridized carbons (Fsp3) is 0.417. The van der Waals surface area contributed by atoms with Gasteiger partial charge in [-0.25, -0.2) is 4.79 Å². The van der Waals surface area contributed by atoms with Gasteiger partial charge in [0, 0.05) is 31.3 Å². The van der Waals surface area contributed by atoms with Crippen molar-refractivity contribution in [3.63, 3.8) is 0 Å². The summed E-state index contributed by atoms with van der Waals surface area (Å²) in [6.07, 6.45) is 0.265. The van der Waals surface area contributed by atoms with E-state index in [1.54, 1.807) is 39.2 Å². The van der Waals surface area contributed by atoms with Crippen molar-refractivity contribution in [2.45, 2.75) is 24.5 Å². The molecule has 12 nitrogen and oxygen atoms in total. The number of nitrogens with zero attached hydrogens (tertiary/aromatic N) is 2. The summed E-state index contributed by atoms with van der Waals surface area (Å²) >= 11 is 0. The molecule has 1 amide bonds. The number of carbonyl (C=O) groups is 3. The van der Waals surface area contributed by atoms with Crippen LogP contribution in [0.2, 0.25) is 0 Å². The summed E-state index contributed by atoms with van der Waals surface area (Å²) in [6, 6.07) is 0.583. The van der Waals surface area contributed by atoms with Crippen LogP contribution in [0.4, 0.5) is 5.69 Å². The standard InChI is InChI=1S/C24H26N4O8/c1-27(2)12-7-11-19(36-23(34)26-11)14-9(12)5-8-6-10-16(28(3)4)18(30)15(22(25)33)21(32)24(10,35)20(31)13(8)17(14)29/h7-8,10,16,29,32,35H,5-6H2,1-4H3,(H2,25,33)(H,26,34)/t8-,10-,16-,24?/m0/s1. The zero-order valence-corrected chi connectivity index (χ0v) is 20.1. The fourth-order valence-electron chi connectivity index (χ4n) is 6.10. The lowest BCUT2D eigenvalue weighted by atomic mass is 9.57. The number of H-pyrrole nitrogens is 1. The monoisotopic (exact) mass is 498 g/mol. The van der Waals surface area contributed by atoms with E-state index in [0.717, 1.165) is 0 Å². The average molecular weight is 498 g/mol. The Kier molecular flexibility index (Phi) is 4.99. The lowest BCUT2D eigenvalue weighted by Gasteiger charge is -2.50. The first-order valence-corrected chi connectivity index (χ1v) is 11.3. The molecule has 2 aromatic rings. The number of nitrogens with two attached hydrogens (primary N) is 1. The lowest BCUT2D eigenvalue weighted by molar-refractivity contribution is -0.153. The molecule has 1 unspecified atom stereocenters. The van der Waals surface area contributed by atoms with Crippen molar-refractivity contribution in [2.75, 3.05) is 33.1 Å². The Bertz CT molecular complexity index is 1490. The van der Waals surface area contributed by atoms with Crippen molar-refractivity contribution >= 4 is 40.0 Å². The minimum absolute atomic E-state index is 0.0355. The SMILES string of the molecule is CN(C)c1cc2[nH]c(=O)oc2c2c1C[C@H]1C[C@H]3[C@H](N(C)C)C(=O)C(C(N)=O)=C(O)C3(O)C(=O)C1=C2O. The molecule has 0 radical (unpaired) electrons. The van der Waals surface area contributed by atoms with E-state index in [-0.39, 0.29) is 29.6 Å². The number of aliphatic hydroxyl groups excluding tert-OH is 2. The number of benzene rings is 1. The highest BCUT2D eigenvalue weighted by molar-refractivity contribution is 6.24. The van der Waals surface area contributed by atoms with Crippen molar-refractivity contribution in [1.29, 1.82) is 0 Å². The Morgan fingerprint density at radius 2 is 1.86 bits per heavy atom. The predicted molar refractivity (Wildman–Crippen MR) is 127 cm³/mol. The topological polar surface area (TPSA) is 190 Å². The number of rotatable bonds is 3. The van der Waals surface area contributed by atoms with Gasteiger partial charge in [0.15, 0.2) is 17.0 Å². The van der Waals surface area contributed by atoms with Gasteiger partial charge in [0.25, 0.3) is 5.91 Å². The number of likely N-dealkylation sites (N-methyl/N-ethyl adjacent to an activating group) is 1. The van der Waals surface area contributed by atoms with E-state index in [9.17, 15) is 34.5 Å². The third kappa shape index (κ3) is 2.88. The van der Waals surface area contributed by atoms with Gasteiger partial charge in [0.1, 0.15) is 17.1 Å². The molecule has 3 aliphatic rings. The number of nitrogens with one attached hydrogen (secondary N) is 1. The second-order valence-electron chi connectivity index (χ2n) is 10.00. The van der Waals surface area contributed by atoms with Crippen molar-refractivity contribution in [3.05, 3.63) is 44.6 Å². The first-order chi connectivity index (χ1) is 16.8. The highest BCUT2D eigenvalue weighted by atomic mass is 16.4. The van der Waals surface area contributed by atoms with E-state index in [2.05, 4.69) is 4.98 Å². The van der Waals surface area contributed by atoms with E-state index in [4.69, 9.17) is 10.2 Å². The number of fused-ring (bicyclic) bond motifs is 5. The normalized spacial score (nSPS) is 27.9. The van der Waals surface area contributed by atoms with Gasteiger partial charge in [-0.3, -0.25) is 24.3 Å². The van der Waals surface area contributed by atoms with E-state index < -0.39 is 63.8 Å². The first kappa shape index (κ1) is 23.8. The molecule has 1 heterocycles. The van der Waals surface area contributed by atoms with Gasteiger partial charge in [-0.15, -0.1) is 0 Å². The van der Waals surface area contributed by atoms with Gasteiger partial charge in [-0.05, 0) is 44.5 Å². The van der Waals surface area contributed by atoms with Crippen molar-refractivity contribution in [3.8, 4) is 0 Å². The van der Waals surface area contributed by atoms with Crippen LogP contribution in [0, 0.1) is 11.8 Å². The molecule has 4 atom stereocenters. The molecule has 1 fully saturated rings. The van der Waals surface area contributed by atoms with E-state index >= 15 is 0 Å². The molecular formula is C24H26N4O8. The van der Waals surface area contributed by atoms with Crippen molar-refractivity contribution < 1.29 is 34.1 Å². The maximum atomic E-state index is 13.9. The number of oxazole rings is 1. The van der Waals surface area contributed by atoms with Gasteiger partial charge in [-0.2, -0.15) is 0 Å². The summed E-state index contributed by atoms with van der Waals surface area (Å²) in [5.41, 5.74) is 3.44. The molecule has 190 valence electrons. The van der Waals surface area contributed by atoms with E-state index in [1.165, 1.54) is 4.90 Å². The van der Waals surface area contributed by atoms with E-state index in [0.29, 0.717) is 16.8 Å². The second kappa shape index (κ2) is 7.55. The predicted octanol–water partition coefficient (Wildman–Crippen LogP) is -0.241. The Morgan fingerprint density at radius 3 is 2.44 bits per heavy atom. The summed E-state index contributed by atoms with van der Waals surface area (Å²) in [4.78, 5) is 56.9. The number of Topliss-reactive ketones (excluding diaryl/α,β-unsaturated/α-hetero) is 2. The van der Waals surface area contributed by atoms with Gasteiger partial charge in [-0.1, -0.05) is 0 Å². The molecule has 6 N–H and O–H groups in total. The molecule has 0 spiro atoms. The molecule has 1 saturated carbocycles. The van der Waals surface area contributed by atoms with Gasteiger partial charge < -0.3 is 30.4 Å². The average Bonchev–Trinajstić information content (AvgIpc) is 3.14. The maximum absolute atomic E-state index is 13.9. The Hall–Kier alpha value is -3.90. The smallest absolute Gasteiger partial charge is 0.417 e. The number of hydrogen-bond acceptors (Lipinski definition) is 10. The van der Waals surface area contributed by atoms with Crippen molar-refractivity contribution in [2.24, 2.45) is 17.6 Å². The molecule has 0 bridgehead atoms. The summed E-state index contributed by atoms with van der Waals surface area (Å²) in [6.45, 7) is 0. The number of anilines is 1. The fourth-order valence-corrected chi connectivity index (χ4v) is 6.10. The molecular weight excluding hydrogens is 472 g/mol. The molecule has 12 heteroatoms. The van der Waals surface area contributed by atoms with Crippen LogP contribution in [-0.2, 0) is 20.8 Å². The number of carbonyl (C=O) groups excluding carboxylic acids is 3. The molecule has 1 aromatic heterocycles. The Balaban J connectivity index is 1.81. The molecule has 0 aliphatic heterocycles. The van der Waals surface area contributed by atoms with Crippen LogP contribution in [0.25, 0.3) is 16.9 Å². The number of amides is 1. The number of primary amides is 1. The zero-order valence-electron chi connectivity index (χ0n) is 20.1. The number of ketones is 2. The van der Waals surface area contributed by atoms with Gasteiger partial charge >= 0.3 is 5.76 Å². The Labute approximate surface area is 204 Å². The minimum atomic E-state index is -2.66. The van der Waals surface area contributed by atoms with Crippen LogP contribution in [-0.4, -0.2) is 82.5 Å². The zero-order chi connectivity index (χ0) is 26.4. The number of hydrogen-bond donors (Lipinski definition) is 5. The maximum Gasteiger partial charge on any atom is 0.417 e. The molecule has 5 rings (SSSR count). The van der Waals surface area contributed by atoms with Crippen LogP contribution in [0.15, 0.2) is 32.2 Å². The van der Waals surface area contributed by atoms with Gasteiger partial charge in [0.2, 0.25) is 5.78 Å². The first-order valence-electron chi connectivity index (χ1n) is 11.3. The number of aromatic amines is 1. The largest absolute Gasteiger partial charge is 0.508 e. The highest BCUT2D eigenvalue weighted by Gasteiger charge is 2.64. The molecule has 0 saturated heterocycles. The lowest BCUT2D eigenvalue weighted by Crippen LogP contribution is -2.65. The van der Waals surface area contributed by atoms with Gasteiger partial charge in [0.05, 0.1) is 17.1 Å². The van der Waals surface area contributed by atoms with Crippen LogP contribution in [0.5, 0.6) is 0 Å². The quantitative estimate of drug-likeness (QED) is 0.353. The van der Waals surface area contributed by atoms with Crippen LogP contribution in [0.3, 0.4) is 0 Å². The number of aromatic nitrogens is 1. The van der Waals surface area contributed by atoms with Crippen LogP contribution < -0.4 is 16.4 Å². The number of aliphatic hydroxyl groups is 3. The van der Waals surface area contributed by atoms with E-state index in [1.807, 2.05) is 0 Å². The molecule has 3 aliphatic carbocycles. The summed E-state index contributed by atoms with van der Waals surface area (Å²) in [5, 5.41) is 34.0. The Morgan fingerprint density at radius 1 is 1.19 bits per heavy atom. The van der Waals surface area contributed by atoms with Crippen LogP contribution in [0.1, 0.15) is 17.5 Å². The third-order valence-corrected chi connectivity index (χ3v) is 7.59. The second-order valence-corrected chi connectivity index (χ2v) is 10.00. The summed E-state index contributed by atoms with van der Waals surface area (Å²) in [5.74, 6) is -7.20. The van der Waals surface area contributed by atoms with Crippen LogP contribution >= 0.6 is 0 Å². The molecule has 1 aromatic carbocycles. The third-order valence-electron chi connectivity index (χ3n) is 7.59. The summed E-state index contributed by atoms with van der Waals surface area (Å²) < 4.78 is 5.28.